The molecule has 1 aliphatic rings. The highest BCUT2D eigenvalue weighted by molar-refractivity contribution is 8.03. The summed E-state index contributed by atoms with van der Waals surface area (Å²) in [7, 11) is 1.52. The third-order valence-corrected chi connectivity index (χ3v) is 6.21. The number of para-hydroxylation sites is 2. The van der Waals surface area contributed by atoms with Gasteiger partial charge in [0.15, 0.2) is 0 Å². The van der Waals surface area contributed by atoms with Crippen LogP contribution in [0.5, 0.6) is 5.75 Å². The third kappa shape index (κ3) is 4.90. The van der Waals surface area contributed by atoms with E-state index in [1.54, 1.807) is 55.5 Å². The van der Waals surface area contributed by atoms with Crippen LogP contribution in [0.25, 0.3) is 0 Å². The summed E-state index contributed by atoms with van der Waals surface area (Å²) in [6.45, 7) is 1.74. The Kier molecular flexibility index (Phi) is 7.46. The Bertz CT molecular complexity index is 1170. The lowest BCUT2D eigenvalue weighted by Crippen LogP contribution is -2.31. The standard InChI is InChI=1S/C23H21ClN4O3S/c1-13-20(22(30)28-17-9-5-6-10-18(17)31-2)21(14-7-3-4-8-16(14)24)15(11-25)23(27-13)32-12-19(26)29/h3-10,21,27H,12H2,1-2H3,(H2,26,29)(H,28,30). The summed E-state index contributed by atoms with van der Waals surface area (Å²) in [5.41, 5.74) is 7.54. The lowest BCUT2D eigenvalue weighted by atomic mass is 9.82. The largest absolute Gasteiger partial charge is 0.495 e. The number of nitrogens with two attached hydrogens (primary N) is 1. The molecule has 0 spiro atoms. The van der Waals surface area contributed by atoms with Crippen LogP contribution in [0, 0.1) is 11.3 Å². The average molecular weight is 469 g/mol. The predicted molar refractivity (Wildman–Crippen MR) is 126 cm³/mol. The molecule has 9 heteroatoms. The number of halogens is 1. The smallest absolute Gasteiger partial charge is 0.254 e. The highest BCUT2D eigenvalue weighted by Gasteiger charge is 2.36. The molecule has 0 bridgehead atoms. The molecular weight excluding hydrogens is 448 g/mol. The number of nitriles is 1. The summed E-state index contributed by atoms with van der Waals surface area (Å²) < 4.78 is 5.33. The number of dihydropyridines is 1. The molecule has 1 atom stereocenters. The number of methoxy groups -OCH3 is 1. The monoisotopic (exact) mass is 468 g/mol. The fraction of sp³-hybridized carbons (Fsp3) is 0.174. The van der Waals surface area contributed by atoms with Gasteiger partial charge in [0.1, 0.15) is 5.75 Å². The van der Waals surface area contributed by atoms with Crippen LogP contribution < -0.4 is 21.1 Å². The Morgan fingerprint density at radius 2 is 1.94 bits per heavy atom. The van der Waals surface area contributed by atoms with Gasteiger partial charge in [-0.2, -0.15) is 5.26 Å². The first kappa shape index (κ1) is 23.3. The first-order valence-corrected chi connectivity index (χ1v) is 11.0. The van der Waals surface area contributed by atoms with Crippen molar-refractivity contribution in [1.82, 2.24) is 5.32 Å². The van der Waals surface area contributed by atoms with Crippen LogP contribution >= 0.6 is 23.4 Å². The first-order valence-electron chi connectivity index (χ1n) is 9.59. The number of hydrogen-bond donors (Lipinski definition) is 3. The van der Waals surface area contributed by atoms with Crippen molar-refractivity contribution >= 4 is 40.9 Å². The molecule has 0 aromatic heterocycles. The van der Waals surface area contributed by atoms with Crippen molar-refractivity contribution in [3.63, 3.8) is 0 Å². The lowest BCUT2D eigenvalue weighted by Gasteiger charge is -2.30. The molecule has 3 rings (SSSR count). The highest BCUT2D eigenvalue weighted by Crippen LogP contribution is 2.43. The SMILES string of the molecule is COc1ccccc1NC(=O)C1=C(C)NC(SCC(N)=O)=C(C#N)C1c1ccccc1Cl. The van der Waals surface area contributed by atoms with E-state index in [0.717, 1.165) is 11.8 Å². The number of carbonyl (C=O) groups is 2. The van der Waals surface area contributed by atoms with Crippen molar-refractivity contribution in [1.29, 1.82) is 5.26 Å². The van der Waals surface area contributed by atoms with Crippen molar-refractivity contribution in [2.75, 3.05) is 18.2 Å². The molecule has 164 valence electrons. The van der Waals surface area contributed by atoms with Crippen LogP contribution in [0.3, 0.4) is 0 Å². The van der Waals surface area contributed by atoms with E-state index in [-0.39, 0.29) is 11.3 Å². The fourth-order valence-electron chi connectivity index (χ4n) is 3.43. The molecule has 4 N–H and O–H groups in total. The van der Waals surface area contributed by atoms with Crippen LogP contribution in [-0.4, -0.2) is 24.7 Å². The molecule has 2 aromatic rings. The number of hydrogen-bond acceptors (Lipinski definition) is 6. The van der Waals surface area contributed by atoms with Gasteiger partial charge < -0.3 is 21.1 Å². The minimum atomic E-state index is -0.736. The summed E-state index contributed by atoms with van der Waals surface area (Å²) in [6, 6.07) is 16.3. The van der Waals surface area contributed by atoms with Gasteiger partial charge in [-0.15, -0.1) is 0 Å². The zero-order valence-electron chi connectivity index (χ0n) is 17.4. The summed E-state index contributed by atoms with van der Waals surface area (Å²) in [4.78, 5) is 24.8. The van der Waals surface area contributed by atoms with E-state index in [1.165, 1.54) is 7.11 Å². The number of nitrogens with zero attached hydrogens (tertiary/aromatic N) is 1. The number of ether oxygens (including phenoxy) is 1. The lowest BCUT2D eigenvalue weighted by molar-refractivity contribution is -0.115. The number of nitrogens with one attached hydrogen (secondary N) is 2. The van der Waals surface area contributed by atoms with Crippen LogP contribution in [-0.2, 0) is 9.59 Å². The molecule has 32 heavy (non-hydrogen) atoms. The first-order chi connectivity index (χ1) is 15.4. The Morgan fingerprint density at radius 1 is 1.25 bits per heavy atom. The van der Waals surface area contributed by atoms with E-state index in [4.69, 9.17) is 22.1 Å². The van der Waals surface area contributed by atoms with E-state index < -0.39 is 17.7 Å². The van der Waals surface area contributed by atoms with Gasteiger partial charge in [-0.3, -0.25) is 9.59 Å². The number of amides is 2. The van der Waals surface area contributed by atoms with Gasteiger partial charge in [-0.1, -0.05) is 53.7 Å². The second-order valence-electron chi connectivity index (χ2n) is 6.88. The minimum absolute atomic E-state index is 0.0151. The van der Waals surface area contributed by atoms with E-state index >= 15 is 0 Å². The summed E-state index contributed by atoms with van der Waals surface area (Å²) in [5.74, 6) is -1.17. The maximum atomic E-state index is 13.5. The van der Waals surface area contributed by atoms with Gasteiger partial charge in [0.2, 0.25) is 5.91 Å². The van der Waals surface area contributed by atoms with Crippen LogP contribution in [0.2, 0.25) is 5.02 Å². The number of allylic oxidation sites excluding steroid dienone is 2. The van der Waals surface area contributed by atoms with E-state index in [2.05, 4.69) is 16.7 Å². The molecule has 0 saturated carbocycles. The summed E-state index contributed by atoms with van der Waals surface area (Å²) in [5, 5.41) is 16.9. The van der Waals surface area contributed by atoms with E-state index in [9.17, 15) is 14.9 Å². The number of carbonyl (C=O) groups excluding carboxylic acids is 2. The van der Waals surface area contributed by atoms with Gasteiger partial charge in [0.05, 0.1) is 41.1 Å². The molecule has 1 heterocycles. The predicted octanol–water partition coefficient (Wildman–Crippen LogP) is 3.90. The molecule has 2 amide bonds. The van der Waals surface area contributed by atoms with E-state index in [0.29, 0.717) is 38.3 Å². The quantitative estimate of drug-likeness (QED) is 0.567. The molecule has 1 aliphatic heterocycles. The minimum Gasteiger partial charge on any atom is -0.495 e. The summed E-state index contributed by atoms with van der Waals surface area (Å²) in [6.07, 6.45) is 0. The normalized spacial score (nSPS) is 15.6. The van der Waals surface area contributed by atoms with Crippen molar-refractivity contribution in [3.05, 3.63) is 81.0 Å². The van der Waals surface area contributed by atoms with Crippen LogP contribution in [0.15, 0.2) is 70.4 Å². The number of anilines is 1. The summed E-state index contributed by atoms with van der Waals surface area (Å²) >= 11 is 7.59. The average Bonchev–Trinajstić information content (AvgIpc) is 2.77. The van der Waals surface area contributed by atoms with Crippen molar-refractivity contribution in [3.8, 4) is 11.8 Å². The maximum Gasteiger partial charge on any atom is 0.254 e. The topological polar surface area (TPSA) is 117 Å². The van der Waals surface area contributed by atoms with Gasteiger partial charge in [0.25, 0.3) is 5.91 Å². The van der Waals surface area contributed by atoms with Crippen molar-refractivity contribution in [2.24, 2.45) is 5.73 Å². The molecule has 7 nitrogen and oxygen atoms in total. The molecule has 0 fully saturated rings. The zero-order valence-corrected chi connectivity index (χ0v) is 19.0. The van der Waals surface area contributed by atoms with Gasteiger partial charge in [0, 0.05) is 16.3 Å². The van der Waals surface area contributed by atoms with Crippen molar-refractivity contribution in [2.45, 2.75) is 12.8 Å². The van der Waals surface area contributed by atoms with Gasteiger partial charge in [-0.25, -0.2) is 0 Å². The highest BCUT2D eigenvalue weighted by atomic mass is 35.5. The van der Waals surface area contributed by atoms with Crippen LogP contribution in [0.4, 0.5) is 5.69 Å². The molecule has 0 aliphatic carbocycles. The Hall–Kier alpha value is -3.41. The maximum absolute atomic E-state index is 13.5. The fourth-order valence-corrected chi connectivity index (χ4v) is 4.50. The van der Waals surface area contributed by atoms with E-state index in [1.807, 2.05) is 0 Å². The third-order valence-electron chi connectivity index (χ3n) is 4.82. The second-order valence-corrected chi connectivity index (χ2v) is 8.27. The van der Waals surface area contributed by atoms with Crippen molar-refractivity contribution < 1.29 is 14.3 Å². The van der Waals surface area contributed by atoms with Crippen LogP contribution in [0.1, 0.15) is 18.4 Å². The zero-order chi connectivity index (χ0) is 23.3. The molecular formula is C23H21ClN4O3S. The molecule has 2 aromatic carbocycles. The van der Waals surface area contributed by atoms with Gasteiger partial charge in [-0.05, 0) is 30.7 Å². The molecule has 0 radical (unpaired) electrons. The second kappa shape index (κ2) is 10.3. The number of primary amides is 1. The number of benzene rings is 2. The molecule has 1 unspecified atom stereocenters. The van der Waals surface area contributed by atoms with Gasteiger partial charge >= 0.3 is 0 Å². The Labute approximate surface area is 195 Å². The molecule has 0 saturated heterocycles. The Balaban J connectivity index is 2.10. The number of rotatable bonds is 7. The number of thioether (sulfide) groups is 1. The Morgan fingerprint density at radius 3 is 2.59 bits per heavy atom.